The van der Waals surface area contributed by atoms with Crippen molar-refractivity contribution < 1.29 is 13.6 Å². The Morgan fingerprint density at radius 2 is 2.18 bits per heavy atom. The van der Waals surface area contributed by atoms with Gasteiger partial charge in [-0.3, -0.25) is 4.79 Å². The second-order valence-electron chi connectivity index (χ2n) is 2.09. The molecule has 1 aromatic rings. The summed E-state index contributed by atoms with van der Waals surface area (Å²) in [7, 11) is 0. The van der Waals surface area contributed by atoms with Crippen molar-refractivity contribution in [1.29, 1.82) is 0 Å². The summed E-state index contributed by atoms with van der Waals surface area (Å²) >= 11 is 0. The van der Waals surface area contributed by atoms with Crippen LogP contribution in [0.15, 0.2) is 18.2 Å². The average Bonchev–Trinajstić information content (AvgIpc) is 2.04. The van der Waals surface area contributed by atoms with Gasteiger partial charge < -0.3 is 0 Å². The molecule has 0 aliphatic carbocycles. The highest BCUT2D eigenvalue weighted by Gasteiger charge is 2.01. The fourth-order valence-electron chi connectivity index (χ4n) is 0.805. The smallest absolute Gasteiger partial charge is 0.150 e. The van der Waals surface area contributed by atoms with Gasteiger partial charge in [-0.05, 0) is 23.8 Å². The molecule has 11 heavy (non-hydrogen) atoms. The molecule has 0 unspecified atom stereocenters. The average molecular weight is 156 g/mol. The largest absolute Gasteiger partial charge is 0.298 e. The molecule has 0 N–H and O–H groups in total. The Morgan fingerprint density at radius 3 is 2.73 bits per heavy atom. The van der Waals surface area contributed by atoms with Crippen LogP contribution in [0.3, 0.4) is 0 Å². The number of rotatable bonds is 2. The molecule has 0 saturated heterocycles. The molecule has 1 aromatic carbocycles. The topological polar surface area (TPSA) is 17.1 Å². The van der Waals surface area contributed by atoms with E-state index in [9.17, 15) is 13.6 Å². The van der Waals surface area contributed by atoms with Crippen molar-refractivity contribution in [3.05, 3.63) is 35.1 Å². The molecule has 0 aromatic heterocycles. The zero-order valence-electron chi connectivity index (χ0n) is 5.68. The third kappa shape index (κ3) is 1.61. The fraction of sp³-hybridized carbons (Fsp3) is 0.125. The van der Waals surface area contributed by atoms with Crippen LogP contribution in [0.25, 0.3) is 0 Å². The van der Waals surface area contributed by atoms with Crippen LogP contribution in [-0.4, -0.2) is 6.29 Å². The Hall–Kier alpha value is -1.25. The minimum Gasteiger partial charge on any atom is -0.298 e. The molecule has 0 fully saturated rings. The van der Waals surface area contributed by atoms with Crippen molar-refractivity contribution in [2.24, 2.45) is 0 Å². The predicted molar refractivity (Wildman–Crippen MR) is 36.6 cm³/mol. The lowest BCUT2D eigenvalue weighted by molar-refractivity contribution is 0.112. The normalized spacial score (nSPS) is 9.64. The first kappa shape index (κ1) is 7.85. The number of carbonyl (C=O) groups is 1. The van der Waals surface area contributed by atoms with Crippen molar-refractivity contribution in [2.75, 3.05) is 0 Å². The van der Waals surface area contributed by atoms with E-state index in [1.165, 1.54) is 6.07 Å². The maximum Gasteiger partial charge on any atom is 0.150 e. The van der Waals surface area contributed by atoms with Crippen molar-refractivity contribution in [1.82, 2.24) is 0 Å². The number of carbonyl (C=O) groups excluding carboxylic acids is 1. The van der Waals surface area contributed by atoms with Gasteiger partial charge in [-0.1, -0.05) is 0 Å². The zero-order chi connectivity index (χ0) is 8.27. The van der Waals surface area contributed by atoms with Gasteiger partial charge in [0, 0.05) is 5.56 Å². The third-order valence-corrected chi connectivity index (χ3v) is 1.38. The van der Waals surface area contributed by atoms with E-state index < -0.39 is 12.5 Å². The maximum atomic E-state index is 12.4. The van der Waals surface area contributed by atoms with Gasteiger partial charge in [0.25, 0.3) is 0 Å². The quantitative estimate of drug-likeness (QED) is 0.599. The van der Waals surface area contributed by atoms with Gasteiger partial charge in [0.1, 0.15) is 18.8 Å². The molecule has 0 spiro atoms. The number of halogens is 2. The summed E-state index contributed by atoms with van der Waals surface area (Å²) in [4.78, 5) is 10.2. The molecule has 0 radical (unpaired) electrons. The van der Waals surface area contributed by atoms with Gasteiger partial charge in [0.05, 0.1) is 0 Å². The second-order valence-corrected chi connectivity index (χ2v) is 2.09. The molecule has 0 heterocycles. The summed E-state index contributed by atoms with van der Waals surface area (Å²) < 4.78 is 24.4. The van der Waals surface area contributed by atoms with Crippen molar-refractivity contribution in [2.45, 2.75) is 6.67 Å². The highest BCUT2D eigenvalue weighted by molar-refractivity contribution is 5.77. The maximum absolute atomic E-state index is 12.4. The molecule has 3 heteroatoms. The minimum absolute atomic E-state index is 0.0972. The molecule has 0 aliphatic heterocycles. The summed E-state index contributed by atoms with van der Waals surface area (Å²) in [6.07, 6.45) is 0.508. The lowest BCUT2D eigenvalue weighted by atomic mass is 10.1. The lowest BCUT2D eigenvalue weighted by Gasteiger charge is -1.97. The van der Waals surface area contributed by atoms with Crippen LogP contribution in [0.4, 0.5) is 8.78 Å². The van der Waals surface area contributed by atoms with Gasteiger partial charge in [-0.25, -0.2) is 8.78 Å². The van der Waals surface area contributed by atoms with Gasteiger partial charge in [-0.2, -0.15) is 0 Å². The Balaban J connectivity index is 3.16. The summed E-state index contributed by atoms with van der Waals surface area (Å²) in [5, 5.41) is 0. The summed E-state index contributed by atoms with van der Waals surface area (Å²) in [5.41, 5.74) is 0.300. The Labute approximate surface area is 62.7 Å². The third-order valence-electron chi connectivity index (χ3n) is 1.38. The van der Waals surface area contributed by atoms with E-state index in [0.717, 1.165) is 12.1 Å². The first-order valence-electron chi connectivity index (χ1n) is 3.07. The van der Waals surface area contributed by atoms with Crippen LogP contribution in [0.5, 0.6) is 0 Å². The van der Waals surface area contributed by atoms with Gasteiger partial charge in [0.2, 0.25) is 0 Å². The fourth-order valence-corrected chi connectivity index (χ4v) is 0.805. The second kappa shape index (κ2) is 3.23. The monoisotopic (exact) mass is 156 g/mol. The van der Waals surface area contributed by atoms with Crippen molar-refractivity contribution in [3.8, 4) is 0 Å². The van der Waals surface area contributed by atoms with E-state index in [4.69, 9.17) is 0 Å². The van der Waals surface area contributed by atoms with Gasteiger partial charge in [0.15, 0.2) is 0 Å². The van der Waals surface area contributed by atoms with Crippen LogP contribution in [0.2, 0.25) is 0 Å². The molecule has 0 saturated carbocycles. The minimum atomic E-state index is -0.814. The van der Waals surface area contributed by atoms with Crippen molar-refractivity contribution in [3.63, 3.8) is 0 Å². The van der Waals surface area contributed by atoms with Crippen molar-refractivity contribution >= 4 is 6.29 Å². The predicted octanol–water partition coefficient (Wildman–Crippen LogP) is 2.11. The molecule has 0 aliphatic rings. The Morgan fingerprint density at radius 1 is 1.45 bits per heavy atom. The first-order valence-corrected chi connectivity index (χ1v) is 3.07. The highest BCUT2D eigenvalue weighted by Crippen LogP contribution is 2.10. The van der Waals surface area contributed by atoms with E-state index in [1.54, 1.807) is 0 Å². The zero-order valence-corrected chi connectivity index (χ0v) is 5.68. The first-order chi connectivity index (χ1) is 5.27. The summed E-state index contributed by atoms with van der Waals surface area (Å²) in [6, 6.07) is 3.41. The van der Waals surface area contributed by atoms with Gasteiger partial charge in [-0.15, -0.1) is 0 Å². The molecule has 1 nitrogen and oxygen atoms in total. The van der Waals surface area contributed by atoms with E-state index in [2.05, 4.69) is 0 Å². The van der Waals surface area contributed by atoms with E-state index in [-0.39, 0.29) is 11.1 Å². The summed E-state index contributed by atoms with van der Waals surface area (Å²) in [5.74, 6) is -0.525. The van der Waals surface area contributed by atoms with Gasteiger partial charge >= 0.3 is 0 Å². The molecule has 0 amide bonds. The van der Waals surface area contributed by atoms with E-state index in [0.29, 0.717) is 6.29 Å². The molecular weight excluding hydrogens is 150 g/mol. The molecular formula is C8H6F2O. The molecule has 0 bridgehead atoms. The van der Waals surface area contributed by atoms with E-state index >= 15 is 0 Å². The number of alkyl halides is 1. The van der Waals surface area contributed by atoms with Crippen LogP contribution in [-0.2, 0) is 6.67 Å². The van der Waals surface area contributed by atoms with Crippen LogP contribution < -0.4 is 0 Å². The number of aldehydes is 1. The SMILES string of the molecule is O=Cc1ccc(F)cc1CF. The van der Waals surface area contributed by atoms with E-state index in [1.807, 2.05) is 0 Å². The molecule has 58 valence electrons. The standard InChI is InChI=1S/C8H6F2O/c9-4-7-3-8(10)2-1-6(7)5-11/h1-3,5H,4H2. The summed E-state index contributed by atoms with van der Waals surface area (Å²) in [6.45, 7) is -0.814. The molecule has 0 atom stereocenters. The lowest BCUT2D eigenvalue weighted by Crippen LogP contribution is -1.90. The Bertz CT molecular complexity index is 271. The number of hydrogen-bond donors (Lipinski definition) is 0. The Kier molecular flexibility index (Phi) is 2.31. The number of benzene rings is 1. The van der Waals surface area contributed by atoms with Crippen LogP contribution in [0, 0.1) is 5.82 Å². The molecule has 1 rings (SSSR count). The van der Waals surface area contributed by atoms with Crippen LogP contribution in [0.1, 0.15) is 15.9 Å². The highest BCUT2D eigenvalue weighted by atomic mass is 19.1. The number of hydrogen-bond acceptors (Lipinski definition) is 1. The van der Waals surface area contributed by atoms with Crippen LogP contribution >= 0.6 is 0 Å².